The minimum absolute atomic E-state index is 0.187. The van der Waals surface area contributed by atoms with Gasteiger partial charge < -0.3 is 4.74 Å². The normalized spacial score (nSPS) is 10.3. The fourth-order valence-corrected chi connectivity index (χ4v) is 2.29. The molecular formula is C13H14N2O2S. The Kier molecular flexibility index (Phi) is 4.41. The molecule has 1 aromatic heterocycles. The van der Waals surface area contributed by atoms with Crippen LogP contribution in [0.3, 0.4) is 0 Å². The first kappa shape index (κ1) is 12.7. The van der Waals surface area contributed by atoms with E-state index in [0.717, 1.165) is 11.4 Å². The van der Waals surface area contributed by atoms with Gasteiger partial charge in [0.05, 0.1) is 18.6 Å². The third kappa shape index (κ3) is 3.37. The first-order chi connectivity index (χ1) is 8.79. The van der Waals surface area contributed by atoms with E-state index in [-0.39, 0.29) is 5.97 Å². The first-order valence-corrected chi connectivity index (χ1v) is 6.68. The predicted octanol–water partition coefficient (Wildman–Crippen LogP) is 2.28. The zero-order valence-corrected chi connectivity index (χ0v) is 10.9. The number of thioether (sulfide) groups is 1. The van der Waals surface area contributed by atoms with E-state index in [2.05, 4.69) is 9.84 Å². The van der Waals surface area contributed by atoms with Gasteiger partial charge in [0.1, 0.15) is 0 Å². The fourth-order valence-electron chi connectivity index (χ4n) is 1.48. The molecule has 0 aliphatic carbocycles. The van der Waals surface area contributed by atoms with Gasteiger partial charge in [0.15, 0.2) is 0 Å². The number of carbonyl (C=O) groups is 1. The van der Waals surface area contributed by atoms with E-state index in [1.807, 2.05) is 41.2 Å². The Morgan fingerprint density at radius 1 is 1.39 bits per heavy atom. The third-order valence-corrected chi connectivity index (χ3v) is 3.40. The van der Waals surface area contributed by atoms with Crippen molar-refractivity contribution in [1.82, 2.24) is 9.78 Å². The lowest BCUT2D eigenvalue weighted by Gasteiger charge is -2.04. The van der Waals surface area contributed by atoms with Crippen LogP contribution in [0.5, 0.6) is 0 Å². The number of aromatic nitrogens is 2. The molecule has 0 N–H and O–H groups in total. The van der Waals surface area contributed by atoms with Crippen LogP contribution < -0.4 is 0 Å². The lowest BCUT2D eigenvalue weighted by molar-refractivity contribution is -0.137. The average molecular weight is 262 g/mol. The molecule has 0 amide bonds. The molecule has 0 radical (unpaired) electrons. The summed E-state index contributed by atoms with van der Waals surface area (Å²) in [5.41, 5.74) is 2.21. The Morgan fingerprint density at radius 2 is 2.17 bits per heavy atom. The molecule has 0 spiro atoms. The fraction of sp³-hybridized carbons (Fsp3) is 0.231. The number of esters is 1. The minimum Gasteiger partial charge on any atom is -0.468 e. The van der Waals surface area contributed by atoms with Gasteiger partial charge in [-0.25, -0.2) is 4.68 Å². The third-order valence-electron chi connectivity index (χ3n) is 2.42. The molecule has 2 aromatic rings. The van der Waals surface area contributed by atoms with E-state index < -0.39 is 0 Å². The van der Waals surface area contributed by atoms with Crippen LogP contribution >= 0.6 is 11.8 Å². The maximum atomic E-state index is 11.0. The van der Waals surface area contributed by atoms with Crippen LogP contribution in [0, 0.1) is 0 Å². The first-order valence-electron chi connectivity index (χ1n) is 5.53. The molecule has 4 nitrogen and oxygen atoms in total. The number of hydrogen-bond acceptors (Lipinski definition) is 4. The van der Waals surface area contributed by atoms with E-state index in [1.165, 1.54) is 12.7 Å². The van der Waals surface area contributed by atoms with Gasteiger partial charge in [-0.05, 0) is 23.8 Å². The monoisotopic (exact) mass is 262 g/mol. The Balaban J connectivity index is 1.90. The zero-order chi connectivity index (χ0) is 12.8. The second-order valence-electron chi connectivity index (χ2n) is 3.69. The number of methoxy groups -OCH3 is 1. The second kappa shape index (κ2) is 6.26. The highest BCUT2D eigenvalue weighted by Crippen LogP contribution is 2.14. The summed E-state index contributed by atoms with van der Waals surface area (Å²) >= 11 is 1.55. The lowest BCUT2D eigenvalue weighted by Crippen LogP contribution is -2.03. The summed E-state index contributed by atoms with van der Waals surface area (Å²) in [5.74, 6) is 1.000. The predicted molar refractivity (Wildman–Crippen MR) is 71.7 cm³/mol. The van der Waals surface area contributed by atoms with Crippen LogP contribution in [0.2, 0.25) is 0 Å². The largest absolute Gasteiger partial charge is 0.468 e. The van der Waals surface area contributed by atoms with Crippen molar-refractivity contribution in [1.29, 1.82) is 0 Å². The van der Waals surface area contributed by atoms with Gasteiger partial charge in [0, 0.05) is 18.1 Å². The molecule has 5 heteroatoms. The molecule has 0 aliphatic heterocycles. The van der Waals surface area contributed by atoms with Crippen LogP contribution in [-0.2, 0) is 15.3 Å². The smallest absolute Gasteiger partial charge is 0.315 e. The van der Waals surface area contributed by atoms with E-state index in [9.17, 15) is 4.79 Å². The van der Waals surface area contributed by atoms with Gasteiger partial charge in [-0.15, -0.1) is 11.8 Å². The van der Waals surface area contributed by atoms with Gasteiger partial charge in [-0.1, -0.05) is 12.1 Å². The lowest BCUT2D eigenvalue weighted by atomic mass is 10.2. The van der Waals surface area contributed by atoms with Crippen molar-refractivity contribution >= 4 is 17.7 Å². The number of carbonyl (C=O) groups excluding carboxylic acids is 1. The van der Waals surface area contributed by atoms with E-state index in [0.29, 0.717) is 5.75 Å². The van der Waals surface area contributed by atoms with Crippen molar-refractivity contribution in [2.24, 2.45) is 0 Å². The van der Waals surface area contributed by atoms with E-state index in [1.54, 1.807) is 18.0 Å². The highest BCUT2D eigenvalue weighted by atomic mass is 32.2. The van der Waals surface area contributed by atoms with Crippen molar-refractivity contribution in [2.45, 2.75) is 5.75 Å². The van der Waals surface area contributed by atoms with Crippen LogP contribution in [0.15, 0.2) is 42.7 Å². The number of rotatable bonds is 5. The summed E-state index contributed by atoms with van der Waals surface area (Å²) in [4.78, 5) is 11.0. The molecule has 0 fully saturated rings. The molecule has 1 heterocycles. The molecule has 2 rings (SSSR count). The molecule has 18 heavy (non-hydrogen) atoms. The van der Waals surface area contributed by atoms with Crippen molar-refractivity contribution in [3.05, 3.63) is 48.3 Å². The summed E-state index contributed by atoms with van der Waals surface area (Å²) < 4.78 is 6.40. The maximum absolute atomic E-state index is 11.0. The summed E-state index contributed by atoms with van der Waals surface area (Å²) in [7, 11) is 1.40. The second-order valence-corrected chi connectivity index (χ2v) is 4.67. The highest BCUT2D eigenvalue weighted by molar-refractivity contribution is 7.99. The number of nitrogens with zero attached hydrogens (tertiary/aromatic N) is 2. The molecular weight excluding hydrogens is 248 g/mol. The van der Waals surface area contributed by atoms with Crippen molar-refractivity contribution < 1.29 is 9.53 Å². The van der Waals surface area contributed by atoms with Crippen LogP contribution in [0.25, 0.3) is 5.69 Å². The molecule has 0 atom stereocenters. The topological polar surface area (TPSA) is 44.1 Å². The van der Waals surface area contributed by atoms with Gasteiger partial charge in [-0.3, -0.25) is 4.79 Å². The van der Waals surface area contributed by atoms with E-state index >= 15 is 0 Å². The molecule has 0 saturated carbocycles. The Hall–Kier alpha value is -1.75. The van der Waals surface area contributed by atoms with Crippen LogP contribution in [-0.4, -0.2) is 28.6 Å². The molecule has 1 aromatic carbocycles. The molecule has 0 unspecified atom stereocenters. The number of ether oxygens (including phenoxy) is 1. The van der Waals surface area contributed by atoms with Crippen LogP contribution in [0.4, 0.5) is 0 Å². The Labute approximate surface area is 110 Å². The van der Waals surface area contributed by atoms with E-state index in [4.69, 9.17) is 0 Å². The molecule has 0 aliphatic rings. The number of benzene rings is 1. The molecule has 94 valence electrons. The van der Waals surface area contributed by atoms with Crippen molar-refractivity contribution in [3.63, 3.8) is 0 Å². The Bertz CT molecular complexity index is 494. The standard InChI is InChI=1S/C13H14N2O2S/c1-17-13(16)10-18-9-11-3-5-12(6-4-11)15-8-2-7-14-15/h2-8H,9-10H2,1H3. The van der Waals surface area contributed by atoms with Gasteiger partial charge in [0.2, 0.25) is 0 Å². The summed E-state index contributed by atoms with van der Waals surface area (Å²) in [6, 6.07) is 10.0. The van der Waals surface area contributed by atoms with Gasteiger partial charge in [0.25, 0.3) is 0 Å². The van der Waals surface area contributed by atoms with Crippen molar-refractivity contribution in [3.8, 4) is 5.69 Å². The quantitative estimate of drug-likeness (QED) is 0.775. The summed E-state index contributed by atoms with van der Waals surface area (Å²) in [6.07, 6.45) is 3.65. The van der Waals surface area contributed by atoms with Gasteiger partial charge >= 0.3 is 5.97 Å². The maximum Gasteiger partial charge on any atom is 0.315 e. The SMILES string of the molecule is COC(=O)CSCc1ccc(-n2cccn2)cc1. The zero-order valence-electron chi connectivity index (χ0n) is 10.1. The number of hydrogen-bond donors (Lipinski definition) is 0. The summed E-state index contributed by atoms with van der Waals surface area (Å²) in [6.45, 7) is 0. The summed E-state index contributed by atoms with van der Waals surface area (Å²) in [5, 5.41) is 4.16. The highest BCUT2D eigenvalue weighted by Gasteiger charge is 2.01. The molecule has 0 saturated heterocycles. The average Bonchev–Trinajstić information content (AvgIpc) is 2.93. The minimum atomic E-state index is -0.187. The van der Waals surface area contributed by atoms with Crippen molar-refractivity contribution in [2.75, 3.05) is 12.9 Å². The van der Waals surface area contributed by atoms with Crippen LogP contribution in [0.1, 0.15) is 5.56 Å². The van der Waals surface area contributed by atoms with Gasteiger partial charge in [-0.2, -0.15) is 5.10 Å². The molecule has 0 bridgehead atoms. The Morgan fingerprint density at radius 3 is 2.78 bits per heavy atom.